The lowest BCUT2D eigenvalue weighted by Gasteiger charge is -2.26. The number of carbonyl (C=O) groups is 2. The second kappa shape index (κ2) is 6.26. The van der Waals surface area contributed by atoms with Gasteiger partial charge in [-0.05, 0) is 37.5 Å². The van der Waals surface area contributed by atoms with E-state index in [-0.39, 0.29) is 10.5 Å². The van der Waals surface area contributed by atoms with Gasteiger partial charge in [-0.2, -0.15) is 0 Å². The van der Waals surface area contributed by atoms with Crippen LogP contribution in [0, 0.1) is 0 Å². The molecule has 114 valence electrons. The lowest BCUT2D eigenvalue weighted by Crippen LogP contribution is -2.39. The lowest BCUT2D eigenvalue weighted by molar-refractivity contribution is -0.129. The minimum atomic E-state index is -3.82. The van der Waals surface area contributed by atoms with Crippen LogP contribution >= 0.6 is 0 Å². The summed E-state index contributed by atoms with van der Waals surface area (Å²) in [6.07, 6.45) is 2.83. The van der Waals surface area contributed by atoms with Crippen LogP contribution < -0.4 is 0 Å². The fourth-order valence-electron chi connectivity index (χ4n) is 2.30. The van der Waals surface area contributed by atoms with Crippen molar-refractivity contribution in [2.75, 3.05) is 18.8 Å². The first-order valence-electron chi connectivity index (χ1n) is 6.74. The first-order chi connectivity index (χ1) is 9.90. The third-order valence-electron chi connectivity index (χ3n) is 3.46. The minimum Gasteiger partial charge on any atom is -0.478 e. The Kier molecular flexibility index (Phi) is 4.62. The minimum absolute atomic E-state index is 0.110. The van der Waals surface area contributed by atoms with E-state index in [1.54, 1.807) is 4.90 Å². The maximum Gasteiger partial charge on any atom is 0.335 e. The molecule has 0 bridgehead atoms. The normalized spacial score (nSPS) is 15.7. The third kappa shape index (κ3) is 3.81. The number of likely N-dealkylation sites (tertiary alicyclic amines) is 1. The van der Waals surface area contributed by atoms with Gasteiger partial charge in [0.15, 0.2) is 9.84 Å². The molecule has 1 saturated heterocycles. The average Bonchev–Trinajstić information content (AvgIpc) is 2.48. The van der Waals surface area contributed by atoms with Gasteiger partial charge in [-0.15, -0.1) is 0 Å². The summed E-state index contributed by atoms with van der Waals surface area (Å²) in [5.41, 5.74) is -0.110. The molecule has 0 atom stereocenters. The van der Waals surface area contributed by atoms with Crippen LogP contribution in [0.4, 0.5) is 0 Å². The van der Waals surface area contributed by atoms with Gasteiger partial charge in [0.1, 0.15) is 5.75 Å². The van der Waals surface area contributed by atoms with Gasteiger partial charge in [-0.1, -0.05) is 6.07 Å². The Morgan fingerprint density at radius 2 is 1.81 bits per heavy atom. The highest BCUT2D eigenvalue weighted by Crippen LogP contribution is 2.16. The zero-order chi connectivity index (χ0) is 15.5. The topological polar surface area (TPSA) is 91.7 Å². The van der Waals surface area contributed by atoms with E-state index in [0.717, 1.165) is 25.3 Å². The summed E-state index contributed by atoms with van der Waals surface area (Å²) in [5.74, 6) is -2.24. The van der Waals surface area contributed by atoms with Gasteiger partial charge in [-0.3, -0.25) is 4.79 Å². The molecule has 6 nitrogen and oxygen atoms in total. The second-order valence-corrected chi connectivity index (χ2v) is 7.02. The fourth-order valence-corrected chi connectivity index (χ4v) is 3.57. The number of amides is 1. The van der Waals surface area contributed by atoms with E-state index in [9.17, 15) is 18.0 Å². The Labute approximate surface area is 123 Å². The van der Waals surface area contributed by atoms with E-state index in [4.69, 9.17) is 5.11 Å². The van der Waals surface area contributed by atoms with Crippen LogP contribution in [0.2, 0.25) is 0 Å². The van der Waals surface area contributed by atoms with Crippen LogP contribution in [0.3, 0.4) is 0 Å². The maximum absolute atomic E-state index is 12.2. The molecule has 1 N–H and O–H groups in total. The van der Waals surface area contributed by atoms with Gasteiger partial charge in [0.2, 0.25) is 5.91 Å². The summed E-state index contributed by atoms with van der Waals surface area (Å²) in [5, 5.41) is 8.89. The van der Waals surface area contributed by atoms with E-state index >= 15 is 0 Å². The molecule has 0 unspecified atom stereocenters. The molecule has 2 rings (SSSR count). The molecule has 21 heavy (non-hydrogen) atoms. The summed E-state index contributed by atoms with van der Waals surface area (Å²) in [4.78, 5) is 24.3. The van der Waals surface area contributed by atoms with Crippen molar-refractivity contribution in [3.05, 3.63) is 29.8 Å². The van der Waals surface area contributed by atoms with Gasteiger partial charge in [0.25, 0.3) is 0 Å². The Balaban J connectivity index is 2.16. The Hall–Kier alpha value is -1.89. The number of rotatable bonds is 4. The number of piperidine rings is 1. The number of hydrogen-bond acceptors (Lipinski definition) is 4. The largest absolute Gasteiger partial charge is 0.478 e. The fraction of sp³-hybridized carbons (Fsp3) is 0.429. The molecule has 0 saturated carbocycles. The summed E-state index contributed by atoms with van der Waals surface area (Å²) < 4.78 is 24.4. The van der Waals surface area contributed by atoms with Crippen LogP contribution in [0.5, 0.6) is 0 Å². The highest BCUT2D eigenvalue weighted by atomic mass is 32.2. The SMILES string of the molecule is O=C(O)c1cccc(S(=O)(=O)CC(=O)N2CCCCC2)c1. The van der Waals surface area contributed by atoms with E-state index in [1.807, 2.05) is 0 Å². The van der Waals surface area contributed by atoms with Gasteiger partial charge in [0.05, 0.1) is 10.5 Å². The van der Waals surface area contributed by atoms with E-state index in [1.165, 1.54) is 18.2 Å². The number of benzene rings is 1. The van der Waals surface area contributed by atoms with Crippen molar-refractivity contribution < 1.29 is 23.1 Å². The molecule has 1 fully saturated rings. The number of hydrogen-bond donors (Lipinski definition) is 1. The highest BCUT2D eigenvalue weighted by molar-refractivity contribution is 7.92. The van der Waals surface area contributed by atoms with Crippen molar-refractivity contribution in [1.29, 1.82) is 0 Å². The maximum atomic E-state index is 12.2. The number of sulfone groups is 1. The third-order valence-corrected chi connectivity index (χ3v) is 5.06. The average molecular weight is 311 g/mol. The van der Waals surface area contributed by atoms with Crippen molar-refractivity contribution >= 4 is 21.7 Å². The molecule has 1 heterocycles. The molecule has 1 aliphatic heterocycles. The molecule has 0 spiro atoms. The van der Waals surface area contributed by atoms with E-state index in [2.05, 4.69) is 0 Å². The van der Waals surface area contributed by atoms with Gasteiger partial charge in [-0.25, -0.2) is 13.2 Å². The first-order valence-corrected chi connectivity index (χ1v) is 8.39. The Bertz CT molecular complexity index is 647. The van der Waals surface area contributed by atoms with E-state index < -0.39 is 27.5 Å². The molecule has 1 amide bonds. The van der Waals surface area contributed by atoms with Crippen LogP contribution in [0.1, 0.15) is 29.6 Å². The van der Waals surface area contributed by atoms with Crippen LogP contribution in [0.25, 0.3) is 0 Å². The molecular weight excluding hydrogens is 294 g/mol. The molecular formula is C14H17NO5S. The van der Waals surface area contributed by atoms with Crippen molar-refractivity contribution in [3.63, 3.8) is 0 Å². The molecule has 1 aromatic rings. The zero-order valence-corrected chi connectivity index (χ0v) is 12.3. The predicted molar refractivity (Wildman–Crippen MR) is 75.9 cm³/mol. The zero-order valence-electron chi connectivity index (χ0n) is 11.5. The van der Waals surface area contributed by atoms with Gasteiger partial charge < -0.3 is 10.0 Å². The van der Waals surface area contributed by atoms with Crippen LogP contribution in [-0.4, -0.2) is 49.1 Å². The molecule has 1 aliphatic rings. The monoisotopic (exact) mass is 311 g/mol. The second-order valence-electron chi connectivity index (χ2n) is 5.03. The molecule has 0 aliphatic carbocycles. The summed E-state index contributed by atoms with van der Waals surface area (Å²) >= 11 is 0. The number of carboxylic acid groups (broad SMARTS) is 1. The van der Waals surface area contributed by atoms with Crippen molar-refractivity contribution in [2.45, 2.75) is 24.2 Å². The van der Waals surface area contributed by atoms with Crippen molar-refractivity contribution in [2.24, 2.45) is 0 Å². The molecule has 0 radical (unpaired) electrons. The number of carboxylic acids is 1. The van der Waals surface area contributed by atoms with E-state index in [0.29, 0.717) is 13.1 Å². The smallest absolute Gasteiger partial charge is 0.335 e. The Morgan fingerprint density at radius 1 is 1.14 bits per heavy atom. The molecule has 1 aromatic carbocycles. The quantitative estimate of drug-likeness (QED) is 0.901. The van der Waals surface area contributed by atoms with Crippen molar-refractivity contribution in [1.82, 2.24) is 4.90 Å². The number of nitrogens with zero attached hydrogens (tertiary/aromatic N) is 1. The first kappa shape index (κ1) is 15.5. The van der Waals surface area contributed by atoms with Gasteiger partial charge in [0, 0.05) is 13.1 Å². The summed E-state index contributed by atoms with van der Waals surface area (Å²) in [6, 6.07) is 5.07. The lowest BCUT2D eigenvalue weighted by atomic mass is 10.1. The Morgan fingerprint density at radius 3 is 2.43 bits per heavy atom. The number of carbonyl (C=O) groups excluding carboxylic acids is 1. The summed E-state index contributed by atoms with van der Waals surface area (Å²) in [6.45, 7) is 1.17. The molecule has 0 aromatic heterocycles. The number of aromatic carboxylic acids is 1. The molecule has 7 heteroatoms. The van der Waals surface area contributed by atoms with Crippen LogP contribution in [0.15, 0.2) is 29.2 Å². The van der Waals surface area contributed by atoms with Gasteiger partial charge >= 0.3 is 5.97 Å². The van der Waals surface area contributed by atoms with Crippen molar-refractivity contribution in [3.8, 4) is 0 Å². The summed E-state index contributed by atoms with van der Waals surface area (Å²) in [7, 11) is -3.82. The standard InChI is InChI=1S/C14H17NO5S/c16-13(15-7-2-1-3-8-15)10-21(19,20)12-6-4-5-11(9-12)14(17)18/h4-6,9H,1-3,7-8,10H2,(H,17,18). The van der Waals surface area contributed by atoms with Crippen LogP contribution in [-0.2, 0) is 14.6 Å². The highest BCUT2D eigenvalue weighted by Gasteiger charge is 2.25. The predicted octanol–water partition coefficient (Wildman–Crippen LogP) is 1.17.